The second-order valence-corrected chi connectivity index (χ2v) is 22.9. The summed E-state index contributed by atoms with van der Waals surface area (Å²) in [5, 5.41) is 5.55. The summed E-state index contributed by atoms with van der Waals surface area (Å²) in [6.07, 6.45) is 8.54. The molecule has 1 aliphatic carbocycles. The molecule has 0 heterocycles. The van der Waals surface area contributed by atoms with Crippen LogP contribution in [0.25, 0.3) is 0 Å². The van der Waals surface area contributed by atoms with Crippen molar-refractivity contribution in [2.24, 2.45) is 5.41 Å². The van der Waals surface area contributed by atoms with Gasteiger partial charge in [0, 0.05) is 25.5 Å². The fourth-order valence-corrected chi connectivity index (χ4v) is 9.57. The van der Waals surface area contributed by atoms with E-state index in [-0.39, 0.29) is 55.0 Å². The number of hydrogen-bond acceptors (Lipinski definition) is 0. The average Bonchev–Trinajstić information content (AvgIpc) is 3.56. The van der Waals surface area contributed by atoms with Gasteiger partial charge in [0.1, 0.15) is 34.9 Å². The molecule has 0 spiro atoms. The number of allylic oxidation sites excluding steroid dienone is 4. The van der Waals surface area contributed by atoms with E-state index in [2.05, 4.69) is 38.2 Å². The molecule has 0 atom stereocenters. The van der Waals surface area contributed by atoms with Crippen molar-refractivity contribution >= 4 is 67.1 Å². The SMILES string of the molecule is CC1(C)C=CC=C1.Fc1ccc(P(c2ccc(F)cc2)c2ccc(F)cc2)cc1.Fc1ccc(P(c2ccc(F)cc2)c2ccc(F)cc2)cc1.[F][Sb-]([F])([F])([F])([F])[F].[Ir]. The monoisotopic (exact) mass is 1150 g/mol. The number of hydrogen-bond donors (Lipinski definition) is 0. The molecule has 0 saturated heterocycles. The van der Waals surface area contributed by atoms with Crippen LogP contribution in [0.5, 0.6) is 0 Å². The van der Waals surface area contributed by atoms with Gasteiger partial charge in [0.05, 0.1) is 0 Å². The fraction of sp³-hybridized carbons (Fsp3) is 0.0698. The van der Waals surface area contributed by atoms with E-state index in [1.54, 1.807) is 72.8 Å². The van der Waals surface area contributed by atoms with E-state index in [9.17, 15) is 43.2 Å². The molecule has 1 radical (unpaired) electrons. The molecule has 0 unspecified atom stereocenters. The minimum Gasteiger partial charge on any atom is 0 e. The molecule has 315 valence electrons. The van der Waals surface area contributed by atoms with Crippen molar-refractivity contribution in [3.05, 3.63) is 205 Å². The molecular formula is C43H34F12IrP2Sb-. The Kier molecular flexibility index (Phi) is 17.0. The molecule has 0 fully saturated rings. The largest absolute Gasteiger partial charge is 0 e. The van der Waals surface area contributed by atoms with Crippen molar-refractivity contribution in [1.82, 2.24) is 0 Å². The molecular weight excluding hydrogens is 1120 g/mol. The van der Waals surface area contributed by atoms with Crippen molar-refractivity contribution in [2.45, 2.75) is 13.8 Å². The molecule has 0 saturated carbocycles. The van der Waals surface area contributed by atoms with Crippen LogP contribution in [0, 0.1) is 40.3 Å². The molecule has 0 nitrogen and oxygen atoms in total. The van der Waals surface area contributed by atoms with Gasteiger partial charge in [0.15, 0.2) is 0 Å². The molecule has 0 amide bonds. The minimum absolute atomic E-state index is 0. The van der Waals surface area contributed by atoms with Crippen molar-refractivity contribution in [3.8, 4) is 0 Å². The van der Waals surface area contributed by atoms with Gasteiger partial charge in [-0.25, -0.2) is 26.3 Å². The Hall–Kier alpha value is -3.71. The summed E-state index contributed by atoms with van der Waals surface area (Å²) in [6, 6.07) is 37.4. The minimum atomic E-state index is -11.2. The van der Waals surface area contributed by atoms with Crippen molar-refractivity contribution in [3.63, 3.8) is 0 Å². The van der Waals surface area contributed by atoms with Gasteiger partial charge in [-0.15, -0.1) is 0 Å². The van der Waals surface area contributed by atoms with E-state index in [4.69, 9.17) is 0 Å². The van der Waals surface area contributed by atoms with E-state index in [0.717, 1.165) is 31.8 Å². The Morgan fingerprint density at radius 1 is 0.322 bits per heavy atom. The Balaban J connectivity index is 0.000000236. The van der Waals surface area contributed by atoms with Crippen LogP contribution >= 0.6 is 15.8 Å². The second-order valence-electron chi connectivity index (χ2n) is 13.0. The molecule has 6 aromatic carbocycles. The number of halogens is 12. The van der Waals surface area contributed by atoms with E-state index < -0.39 is 35.3 Å². The van der Waals surface area contributed by atoms with Gasteiger partial charge in [-0.1, -0.05) is 111 Å². The molecule has 0 aromatic heterocycles. The molecule has 7 rings (SSSR count). The molecule has 0 aliphatic heterocycles. The third-order valence-corrected chi connectivity index (χ3v) is 12.6. The standard InChI is InChI=1S/2C18H12F3P.C7H10.6FH.Ir.Sb/c2*19-13-1-7-16(8-2-13)22(17-9-3-14(20)4-10-17)18-11-5-15(21)6-12-18;1-7(2)5-3-4-6-7;;;;;;;;/h2*1-12H;3-6H,1-2H3;6*1H;;/q;;;;;;;;;;+5/p-6. The molecule has 0 N–H and O–H groups in total. The Morgan fingerprint density at radius 2 is 0.458 bits per heavy atom. The van der Waals surface area contributed by atoms with Gasteiger partial charge in [-0.2, -0.15) is 0 Å². The zero-order chi connectivity index (χ0) is 42.8. The Bertz CT molecular complexity index is 1910. The normalized spacial score (nSPS) is 13.7. The maximum Gasteiger partial charge on any atom is 0 e. The fourth-order valence-electron chi connectivity index (χ4n) is 5.10. The predicted molar refractivity (Wildman–Crippen MR) is 215 cm³/mol. The van der Waals surface area contributed by atoms with Gasteiger partial charge < -0.3 is 0 Å². The van der Waals surface area contributed by atoms with Crippen LogP contribution in [-0.4, -0.2) is 19.5 Å². The summed E-state index contributed by atoms with van der Waals surface area (Å²) in [6.45, 7) is 4.38. The molecule has 59 heavy (non-hydrogen) atoms. The second kappa shape index (κ2) is 20.2. The number of rotatable bonds is 6. The van der Waals surface area contributed by atoms with Crippen molar-refractivity contribution < 1.29 is 63.3 Å². The third kappa shape index (κ3) is 18.6. The van der Waals surface area contributed by atoms with Crippen LogP contribution in [0.3, 0.4) is 0 Å². The van der Waals surface area contributed by atoms with Gasteiger partial charge in [-0.05, 0) is 120 Å². The van der Waals surface area contributed by atoms with Crippen LogP contribution < -0.4 is 31.8 Å². The first kappa shape index (κ1) is 49.6. The van der Waals surface area contributed by atoms with Gasteiger partial charge in [0.2, 0.25) is 0 Å². The maximum atomic E-state index is 13.2. The van der Waals surface area contributed by atoms with Gasteiger partial charge in [-0.3, -0.25) is 0 Å². The Labute approximate surface area is 352 Å². The van der Waals surface area contributed by atoms with Crippen molar-refractivity contribution in [1.29, 1.82) is 0 Å². The van der Waals surface area contributed by atoms with E-state index in [1.807, 2.05) is 0 Å². The van der Waals surface area contributed by atoms with Crippen LogP contribution in [0.1, 0.15) is 13.8 Å². The predicted octanol–water partition coefficient (Wildman–Crippen LogP) is 12.0. The van der Waals surface area contributed by atoms with Crippen LogP contribution in [-0.2, 0) is 20.1 Å². The van der Waals surface area contributed by atoms with Gasteiger partial charge >= 0.3 is 36.4 Å². The summed E-state index contributed by atoms with van der Waals surface area (Å²) < 4.78 is 139. The molecule has 1 aliphatic rings. The summed E-state index contributed by atoms with van der Waals surface area (Å²) in [7, 11) is -1.97. The Morgan fingerprint density at radius 3 is 0.559 bits per heavy atom. The van der Waals surface area contributed by atoms with E-state index >= 15 is 0 Å². The third-order valence-electron chi connectivity index (χ3n) is 7.67. The zero-order valence-corrected chi connectivity index (χ0v) is 37.6. The smallest absolute Gasteiger partial charge is 0 e. The van der Waals surface area contributed by atoms with Crippen LogP contribution in [0.2, 0.25) is 0 Å². The summed E-state index contributed by atoms with van der Waals surface area (Å²) in [5.41, 5.74) is 0.333. The van der Waals surface area contributed by atoms with Crippen molar-refractivity contribution in [2.75, 3.05) is 0 Å². The first-order valence-corrected chi connectivity index (χ1v) is 25.5. The average molecular weight is 1150 g/mol. The first-order valence-electron chi connectivity index (χ1n) is 17.0. The quantitative estimate of drug-likeness (QED) is 0.0886. The van der Waals surface area contributed by atoms with Gasteiger partial charge in [0.25, 0.3) is 0 Å². The molecule has 16 heteroatoms. The summed E-state index contributed by atoms with van der Waals surface area (Å²) in [4.78, 5) is 0. The maximum absolute atomic E-state index is 13.2. The van der Waals surface area contributed by atoms with E-state index in [1.165, 1.54) is 72.8 Å². The van der Waals surface area contributed by atoms with Crippen LogP contribution in [0.4, 0.5) is 43.2 Å². The zero-order valence-electron chi connectivity index (χ0n) is 30.9. The topological polar surface area (TPSA) is 0 Å². The summed E-state index contributed by atoms with van der Waals surface area (Å²) >= 11 is -11.2. The van der Waals surface area contributed by atoms with Crippen LogP contribution in [0.15, 0.2) is 170 Å². The first-order chi connectivity index (χ1) is 26.9. The molecule has 0 bridgehead atoms. The summed E-state index contributed by atoms with van der Waals surface area (Å²) in [5.74, 6) is -1.85. The molecule has 6 aromatic rings. The number of benzene rings is 6. The van der Waals surface area contributed by atoms with E-state index in [0.29, 0.717) is 5.41 Å².